The highest BCUT2D eigenvalue weighted by atomic mass is 19.1. The van der Waals surface area contributed by atoms with Crippen molar-refractivity contribution in [1.82, 2.24) is 0 Å². The van der Waals surface area contributed by atoms with Gasteiger partial charge in [0.15, 0.2) is 0 Å². The molecule has 0 aromatic heterocycles. The van der Waals surface area contributed by atoms with E-state index in [-0.39, 0.29) is 11.5 Å². The van der Waals surface area contributed by atoms with E-state index in [2.05, 4.69) is 0 Å². The minimum atomic E-state index is -0.634. The molecule has 0 amide bonds. The highest BCUT2D eigenvalue weighted by Crippen LogP contribution is 2.28. The predicted octanol–water partition coefficient (Wildman–Crippen LogP) is 3.23. The molecular weight excluding hydrogens is 207 g/mol. The molecule has 2 rings (SSSR count). The molecule has 0 radical (unpaired) electrons. The summed E-state index contributed by atoms with van der Waals surface area (Å²) in [4.78, 5) is 0. The Bertz CT molecular complexity index is 492. The van der Waals surface area contributed by atoms with Crippen LogP contribution in [0.15, 0.2) is 42.5 Å². The van der Waals surface area contributed by atoms with Crippen LogP contribution in [-0.4, -0.2) is 10.2 Å². The molecule has 2 nitrogen and oxygen atoms in total. The van der Waals surface area contributed by atoms with E-state index in [1.165, 1.54) is 12.1 Å². The van der Waals surface area contributed by atoms with Crippen molar-refractivity contribution in [2.24, 2.45) is 0 Å². The third kappa shape index (κ3) is 1.98. The van der Waals surface area contributed by atoms with Crippen LogP contribution < -0.4 is 0 Å². The smallest absolute Gasteiger partial charge is 0.115 e. The number of phenols is 2. The second-order valence-electron chi connectivity index (χ2n) is 3.52. The summed E-state index contributed by atoms with van der Waals surface area (Å²) < 4.78 is 12.8. The van der Waals surface area contributed by atoms with E-state index in [4.69, 9.17) is 5.11 Å². The maximum Gasteiger partial charge on any atom is 0.115 e. The lowest BCUT2D eigenvalue weighted by molar-refractivity contribution is 0.463. The summed E-state index contributed by atoms with van der Waals surface area (Å²) in [5, 5.41) is 18.4. The zero-order chi connectivity index (χ0) is 11.5. The standard InChI is InChI=1S/C13H11FO2/c14-8-10-7-12(16)5-6-13(10)9-1-3-11(15)4-2-9/h1-7,15-16H,8H2. The topological polar surface area (TPSA) is 40.5 Å². The molecule has 0 heterocycles. The van der Waals surface area contributed by atoms with Gasteiger partial charge in [0, 0.05) is 0 Å². The van der Waals surface area contributed by atoms with Gasteiger partial charge in [-0.25, -0.2) is 4.39 Å². The lowest BCUT2D eigenvalue weighted by Crippen LogP contribution is -1.86. The van der Waals surface area contributed by atoms with E-state index in [9.17, 15) is 9.50 Å². The van der Waals surface area contributed by atoms with E-state index in [1.54, 1.807) is 30.3 Å². The number of halogens is 1. The van der Waals surface area contributed by atoms with Crippen LogP contribution in [0.4, 0.5) is 4.39 Å². The lowest BCUT2D eigenvalue weighted by atomic mass is 10.00. The second-order valence-corrected chi connectivity index (χ2v) is 3.52. The van der Waals surface area contributed by atoms with Gasteiger partial charge in [-0.2, -0.15) is 0 Å². The van der Waals surface area contributed by atoms with Crippen molar-refractivity contribution in [3.8, 4) is 22.6 Å². The number of hydrogen-bond donors (Lipinski definition) is 2. The minimum absolute atomic E-state index is 0.0511. The molecule has 0 aliphatic rings. The van der Waals surface area contributed by atoms with Crippen molar-refractivity contribution >= 4 is 0 Å². The van der Waals surface area contributed by atoms with Gasteiger partial charge in [-0.05, 0) is 41.0 Å². The summed E-state index contributed by atoms with van der Waals surface area (Å²) in [6.07, 6.45) is 0. The van der Waals surface area contributed by atoms with Crippen molar-refractivity contribution in [3.05, 3.63) is 48.0 Å². The summed E-state index contributed by atoms with van der Waals surface area (Å²) in [6.45, 7) is -0.634. The van der Waals surface area contributed by atoms with Gasteiger partial charge in [0.1, 0.15) is 18.2 Å². The predicted molar refractivity (Wildman–Crippen MR) is 60.0 cm³/mol. The van der Waals surface area contributed by atoms with Crippen molar-refractivity contribution in [2.75, 3.05) is 0 Å². The molecule has 2 N–H and O–H groups in total. The molecule has 2 aromatic carbocycles. The molecule has 0 aliphatic carbocycles. The molecule has 0 bridgehead atoms. The normalized spacial score (nSPS) is 10.3. The van der Waals surface area contributed by atoms with Crippen molar-refractivity contribution < 1.29 is 14.6 Å². The second kappa shape index (κ2) is 4.23. The third-order valence-corrected chi connectivity index (χ3v) is 2.41. The molecule has 3 heteroatoms. The summed E-state index contributed by atoms with van der Waals surface area (Å²) in [5.74, 6) is 0.222. The number of rotatable bonds is 2. The minimum Gasteiger partial charge on any atom is -0.508 e. The Morgan fingerprint density at radius 2 is 1.50 bits per heavy atom. The first-order chi connectivity index (χ1) is 7.70. The average molecular weight is 218 g/mol. The molecule has 0 unspecified atom stereocenters. The van der Waals surface area contributed by atoms with E-state index in [0.29, 0.717) is 5.56 Å². The maximum atomic E-state index is 12.8. The zero-order valence-electron chi connectivity index (χ0n) is 8.52. The molecular formula is C13H11FO2. The summed E-state index contributed by atoms with van der Waals surface area (Å²) in [7, 11) is 0. The van der Waals surface area contributed by atoms with E-state index < -0.39 is 6.67 Å². The molecule has 0 aliphatic heterocycles. The van der Waals surface area contributed by atoms with Crippen molar-refractivity contribution in [2.45, 2.75) is 6.67 Å². The first-order valence-electron chi connectivity index (χ1n) is 4.88. The Morgan fingerprint density at radius 1 is 0.875 bits per heavy atom. The quantitative estimate of drug-likeness (QED) is 0.812. The number of hydrogen-bond acceptors (Lipinski definition) is 2. The van der Waals surface area contributed by atoms with Crippen LogP contribution in [0.2, 0.25) is 0 Å². The van der Waals surface area contributed by atoms with Crippen LogP contribution >= 0.6 is 0 Å². The molecule has 2 aromatic rings. The Kier molecular flexibility index (Phi) is 2.77. The average Bonchev–Trinajstić information content (AvgIpc) is 2.30. The fourth-order valence-electron chi connectivity index (χ4n) is 1.61. The molecule has 0 fully saturated rings. The first kappa shape index (κ1) is 10.5. The molecule has 0 spiro atoms. The molecule has 16 heavy (non-hydrogen) atoms. The monoisotopic (exact) mass is 218 g/mol. The largest absolute Gasteiger partial charge is 0.508 e. The fraction of sp³-hybridized carbons (Fsp3) is 0.0769. The van der Waals surface area contributed by atoms with Gasteiger partial charge in [-0.15, -0.1) is 0 Å². The van der Waals surface area contributed by atoms with Crippen molar-refractivity contribution in [3.63, 3.8) is 0 Å². The van der Waals surface area contributed by atoms with Crippen LogP contribution in [0.1, 0.15) is 5.56 Å². The summed E-state index contributed by atoms with van der Waals surface area (Å²) in [5.41, 5.74) is 1.97. The van der Waals surface area contributed by atoms with E-state index in [1.807, 2.05) is 0 Å². The highest BCUT2D eigenvalue weighted by Gasteiger charge is 2.05. The van der Waals surface area contributed by atoms with E-state index >= 15 is 0 Å². The Hall–Kier alpha value is -2.03. The van der Waals surface area contributed by atoms with Crippen LogP contribution in [0.3, 0.4) is 0 Å². The SMILES string of the molecule is Oc1ccc(-c2ccc(O)cc2CF)cc1. The Balaban J connectivity index is 2.51. The maximum absolute atomic E-state index is 12.8. The van der Waals surface area contributed by atoms with Crippen LogP contribution in [0.25, 0.3) is 11.1 Å². The summed E-state index contributed by atoms with van der Waals surface area (Å²) in [6, 6.07) is 11.1. The van der Waals surface area contributed by atoms with Gasteiger partial charge in [0.05, 0.1) is 0 Å². The van der Waals surface area contributed by atoms with Crippen LogP contribution in [0, 0.1) is 0 Å². The van der Waals surface area contributed by atoms with E-state index in [0.717, 1.165) is 11.1 Å². The molecule has 82 valence electrons. The molecule has 0 saturated carbocycles. The number of phenolic OH excluding ortho intramolecular Hbond substituents is 2. The van der Waals surface area contributed by atoms with Crippen LogP contribution in [-0.2, 0) is 6.67 Å². The third-order valence-electron chi connectivity index (χ3n) is 2.41. The fourth-order valence-corrected chi connectivity index (χ4v) is 1.61. The number of aromatic hydroxyl groups is 2. The van der Waals surface area contributed by atoms with Crippen LogP contribution in [0.5, 0.6) is 11.5 Å². The van der Waals surface area contributed by atoms with Crippen molar-refractivity contribution in [1.29, 1.82) is 0 Å². The first-order valence-corrected chi connectivity index (χ1v) is 4.88. The highest BCUT2D eigenvalue weighted by molar-refractivity contribution is 5.68. The number of alkyl halides is 1. The number of benzene rings is 2. The van der Waals surface area contributed by atoms with Gasteiger partial charge >= 0.3 is 0 Å². The lowest BCUT2D eigenvalue weighted by Gasteiger charge is -2.07. The summed E-state index contributed by atoms with van der Waals surface area (Å²) >= 11 is 0. The van der Waals surface area contributed by atoms with Gasteiger partial charge in [-0.3, -0.25) is 0 Å². The van der Waals surface area contributed by atoms with Gasteiger partial charge < -0.3 is 10.2 Å². The van der Waals surface area contributed by atoms with Gasteiger partial charge in [-0.1, -0.05) is 18.2 Å². The zero-order valence-corrected chi connectivity index (χ0v) is 8.52. The Labute approximate surface area is 92.6 Å². The molecule has 0 saturated heterocycles. The Morgan fingerprint density at radius 3 is 2.12 bits per heavy atom. The van der Waals surface area contributed by atoms with Gasteiger partial charge in [0.2, 0.25) is 0 Å². The van der Waals surface area contributed by atoms with Gasteiger partial charge in [0.25, 0.3) is 0 Å². The molecule has 0 atom stereocenters.